The molecule has 0 aromatic carbocycles. The number of aliphatic hydroxyl groups is 1. The summed E-state index contributed by atoms with van der Waals surface area (Å²) in [4.78, 5) is 36.8. The summed E-state index contributed by atoms with van der Waals surface area (Å²) in [7, 11) is -4.23. The van der Waals surface area contributed by atoms with Crippen molar-refractivity contribution >= 4 is 70.8 Å². The number of nitrogens with one attached hydrogen (secondary N) is 1. The van der Waals surface area contributed by atoms with E-state index in [0.717, 1.165) is 11.8 Å². The van der Waals surface area contributed by atoms with E-state index in [0.29, 0.717) is 0 Å². The fourth-order valence-electron chi connectivity index (χ4n) is 3.56. The highest BCUT2D eigenvalue weighted by Crippen LogP contribution is 2.50. The fourth-order valence-corrected chi connectivity index (χ4v) is 6.54. The molecule has 0 saturated carbocycles. The van der Waals surface area contributed by atoms with Gasteiger partial charge in [0.05, 0.1) is 25.6 Å². The third kappa shape index (κ3) is 8.30. The number of thioether (sulfide) groups is 1. The molecule has 1 aliphatic rings. The molecule has 3 heterocycles. The van der Waals surface area contributed by atoms with E-state index in [-0.39, 0.29) is 34.5 Å². The van der Waals surface area contributed by atoms with E-state index < -0.39 is 60.7 Å². The molecule has 0 unspecified atom stereocenters. The Labute approximate surface area is 251 Å². The zero-order chi connectivity index (χ0) is 30.8. The summed E-state index contributed by atoms with van der Waals surface area (Å²) in [5, 5.41) is 13.4. The fraction of sp³-hybridized carbons (Fsp3) is 0.696. The van der Waals surface area contributed by atoms with E-state index in [9.17, 15) is 19.3 Å². The van der Waals surface area contributed by atoms with Gasteiger partial charge in [0, 0.05) is 11.2 Å². The summed E-state index contributed by atoms with van der Waals surface area (Å²) in [6.07, 6.45) is -1.76. The molecule has 1 aliphatic heterocycles. The number of fused-ring (bicyclic) bond motifs is 1. The van der Waals surface area contributed by atoms with E-state index in [2.05, 4.69) is 20.0 Å². The highest BCUT2D eigenvalue weighted by atomic mass is 35.5. The molecule has 18 heteroatoms. The van der Waals surface area contributed by atoms with Gasteiger partial charge in [-0.15, -0.1) is 0 Å². The first kappa shape index (κ1) is 33.9. The van der Waals surface area contributed by atoms with E-state index >= 15 is 0 Å². The third-order valence-corrected chi connectivity index (χ3v) is 9.46. The van der Waals surface area contributed by atoms with E-state index in [1.165, 1.54) is 24.1 Å². The summed E-state index contributed by atoms with van der Waals surface area (Å²) < 4.78 is 35.4. The van der Waals surface area contributed by atoms with Crippen LogP contribution in [0.3, 0.4) is 0 Å². The minimum absolute atomic E-state index is 0.0770. The van der Waals surface area contributed by atoms with Crippen LogP contribution in [0, 0.1) is 5.41 Å². The Hall–Kier alpha value is -1.55. The number of nitrogens with two attached hydrogens (primary N) is 1. The van der Waals surface area contributed by atoms with Crippen molar-refractivity contribution in [1.29, 1.82) is 0 Å². The maximum atomic E-state index is 13.7. The van der Waals surface area contributed by atoms with Crippen molar-refractivity contribution in [3.8, 4) is 0 Å². The van der Waals surface area contributed by atoms with Gasteiger partial charge in [-0.1, -0.05) is 55.7 Å². The van der Waals surface area contributed by atoms with Crippen LogP contribution in [0.25, 0.3) is 11.2 Å². The molecule has 41 heavy (non-hydrogen) atoms. The monoisotopic (exact) mass is 656 g/mol. The summed E-state index contributed by atoms with van der Waals surface area (Å²) in [5.41, 5.74) is 5.82. The second-order valence-electron chi connectivity index (χ2n) is 10.6. The number of nitrogen functional groups attached to an aromatic ring is 1. The summed E-state index contributed by atoms with van der Waals surface area (Å²) in [6, 6.07) is -1.09. The molecule has 3 rings (SSSR count). The maximum Gasteiger partial charge on any atom is 0.406 e. The Morgan fingerprint density at radius 1 is 1.27 bits per heavy atom. The number of imidazole rings is 1. The second kappa shape index (κ2) is 13.4. The van der Waals surface area contributed by atoms with Gasteiger partial charge < -0.3 is 20.3 Å². The highest BCUT2D eigenvalue weighted by Gasteiger charge is 2.56. The molecule has 1 saturated heterocycles. The number of carbonyl (C=O) groups is 2. The average Bonchev–Trinajstić information content (AvgIpc) is 3.38. The summed E-state index contributed by atoms with van der Waals surface area (Å²) in [6.45, 7) is 9.45. The molecule has 0 aliphatic carbocycles. The molecule has 2 aromatic heterocycles. The number of hydrogen-bond donors (Lipinski definition) is 3. The predicted octanol–water partition coefficient (Wildman–Crippen LogP) is 3.22. The van der Waals surface area contributed by atoms with Crippen molar-refractivity contribution in [3.05, 3.63) is 12.7 Å². The van der Waals surface area contributed by atoms with Crippen LogP contribution in [0.4, 0.5) is 5.82 Å². The Bertz CT molecular complexity index is 1290. The zero-order valence-corrected chi connectivity index (χ0v) is 26.7. The molecule has 4 N–H and O–H groups in total. The van der Waals surface area contributed by atoms with Gasteiger partial charge in [-0.2, -0.15) is 0 Å². The Kier molecular flexibility index (Phi) is 11.1. The van der Waals surface area contributed by atoms with Crippen molar-refractivity contribution in [2.24, 2.45) is 5.41 Å². The third-order valence-electron chi connectivity index (χ3n) is 5.68. The number of rotatable bonds is 12. The number of anilines is 1. The first-order chi connectivity index (χ1) is 19.0. The van der Waals surface area contributed by atoms with E-state index in [1.807, 2.05) is 0 Å². The molecule has 2 aromatic rings. The van der Waals surface area contributed by atoms with Crippen LogP contribution in [0.5, 0.6) is 0 Å². The molecule has 0 amide bonds. The number of hydrogen-bond acceptors (Lipinski definition) is 13. The van der Waals surface area contributed by atoms with Crippen molar-refractivity contribution < 1.29 is 37.8 Å². The minimum atomic E-state index is -4.23. The Balaban J connectivity index is 1.74. The van der Waals surface area contributed by atoms with Crippen molar-refractivity contribution in [1.82, 2.24) is 24.6 Å². The van der Waals surface area contributed by atoms with Crippen LogP contribution in [-0.2, 0) is 32.7 Å². The quantitative estimate of drug-likeness (QED) is 0.131. The van der Waals surface area contributed by atoms with Gasteiger partial charge in [-0.3, -0.25) is 23.2 Å². The number of alkyl halides is 2. The molecule has 0 radical (unpaired) electrons. The van der Waals surface area contributed by atoms with Crippen LogP contribution in [0.15, 0.2) is 12.7 Å². The zero-order valence-electron chi connectivity index (χ0n) is 23.4. The van der Waals surface area contributed by atoms with Crippen molar-refractivity contribution in [3.63, 3.8) is 0 Å². The number of halogens is 2. The first-order valence-electron chi connectivity index (χ1n) is 12.6. The number of esters is 1. The standard InChI is InChI=1S/C23H35Cl2N6O8PS/c1-12(2)38-19(33)13(3)30-40(35,36-7-8-41-21(34)22(4,5)6)37-9-14-16(32)23(24,25)20(39-14)31-11-29-15-17(26)27-10-28-18(15)31/h10-14,16,20,32H,7-9H2,1-6H3,(H,30,35)(H2,26,27,28)/t13-,14+,16+,20+,40+/m0/s1. The molecule has 14 nitrogen and oxygen atoms in total. The largest absolute Gasteiger partial charge is 0.462 e. The average molecular weight is 658 g/mol. The topological polar surface area (TPSA) is 190 Å². The SMILES string of the molecule is CC(C)OC(=O)[C@H](C)N[P@@](=O)(OCCSC(=O)C(C)(C)C)OC[C@H]1O[C@@H](n2cnc3c(N)ncnc32)C(Cl)(Cl)[C@@H]1O. The lowest BCUT2D eigenvalue weighted by molar-refractivity contribution is -0.149. The van der Waals surface area contributed by atoms with Crippen molar-refractivity contribution in [2.75, 3.05) is 24.7 Å². The number of aliphatic hydroxyl groups excluding tert-OH is 1. The number of carbonyl (C=O) groups excluding carboxylic acids is 2. The highest BCUT2D eigenvalue weighted by molar-refractivity contribution is 8.13. The summed E-state index contributed by atoms with van der Waals surface area (Å²) in [5.74, 6) is -0.388. The second-order valence-corrected chi connectivity index (χ2v) is 14.9. The van der Waals surface area contributed by atoms with Crippen LogP contribution < -0.4 is 10.8 Å². The lowest BCUT2D eigenvalue weighted by Gasteiger charge is -2.25. The molecule has 230 valence electrons. The van der Waals surface area contributed by atoms with Crippen molar-refractivity contribution in [2.45, 2.75) is 76.5 Å². The molecule has 1 fully saturated rings. The van der Waals surface area contributed by atoms with Gasteiger partial charge >= 0.3 is 13.7 Å². The van der Waals surface area contributed by atoms with E-state index in [1.54, 1.807) is 34.6 Å². The van der Waals surface area contributed by atoms with Gasteiger partial charge in [0.25, 0.3) is 0 Å². The van der Waals surface area contributed by atoms with Gasteiger partial charge in [0.1, 0.15) is 30.1 Å². The minimum Gasteiger partial charge on any atom is -0.462 e. The summed E-state index contributed by atoms with van der Waals surface area (Å²) >= 11 is 14.0. The van der Waals surface area contributed by atoms with Gasteiger partial charge in [-0.25, -0.2) is 24.6 Å². The van der Waals surface area contributed by atoms with Crippen LogP contribution >= 0.6 is 42.7 Å². The predicted molar refractivity (Wildman–Crippen MR) is 154 cm³/mol. The van der Waals surface area contributed by atoms with Gasteiger partial charge in [0.2, 0.25) is 0 Å². The number of ether oxygens (including phenoxy) is 2. The van der Waals surface area contributed by atoms with Crippen LogP contribution in [-0.4, -0.2) is 83.4 Å². The van der Waals surface area contributed by atoms with Crippen LogP contribution in [0.1, 0.15) is 47.8 Å². The van der Waals surface area contributed by atoms with Crippen LogP contribution in [0.2, 0.25) is 0 Å². The maximum absolute atomic E-state index is 13.7. The van der Waals surface area contributed by atoms with Gasteiger partial charge in [-0.05, 0) is 20.8 Å². The molecule has 5 atom stereocenters. The molecular formula is C23H35Cl2N6O8PS. The van der Waals surface area contributed by atoms with Gasteiger partial charge in [0.15, 0.2) is 27.1 Å². The Morgan fingerprint density at radius 2 is 1.95 bits per heavy atom. The number of aromatic nitrogens is 4. The normalized spacial score (nSPS) is 23.0. The Morgan fingerprint density at radius 3 is 2.59 bits per heavy atom. The first-order valence-corrected chi connectivity index (χ1v) is 15.9. The number of nitrogens with zero attached hydrogens (tertiary/aromatic N) is 4. The molecule has 0 spiro atoms. The lowest BCUT2D eigenvalue weighted by atomic mass is 10.00. The van der Waals surface area contributed by atoms with E-state index in [4.69, 9.17) is 47.5 Å². The molecular weight excluding hydrogens is 622 g/mol. The lowest BCUT2D eigenvalue weighted by Crippen LogP contribution is -2.39. The molecule has 0 bridgehead atoms. The smallest absolute Gasteiger partial charge is 0.406 e.